The van der Waals surface area contributed by atoms with E-state index in [0.717, 1.165) is 49.0 Å². The second-order valence-electron chi connectivity index (χ2n) is 12.7. The van der Waals surface area contributed by atoms with E-state index in [9.17, 15) is 4.79 Å². The van der Waals surface area contributed by atoms with Crippen molar-refractivity contribution in [3.8, 4) is 11.4 Å². The fourth-order valence-electron chi connectivity index (χ4n) is 6.26. The van der Waals surface area contributed by atoms with Crippen molar-refractivity contribution in [1.82, 2.24) is 29.1 Å². The van der Waals surface area contributed by atoms with Gasteiger partial charge in [-0.25, -0.2) is 23.7 Å². The molecule has 2 aliphatic heterocycles. The number of benzene rings is 3. The second-order valence-corrected chi connectivity index (χ2v) is 13.5. The number of halogens is 2. The summed E-state index contributed by atoms with van der Waals surface area (Å²) in [7, 11) is 0. The Morgan fingerprint density at radius 1 is 0.898 bits per heavy atom. The summed E-state index contributed by atoms with van der Waals surface area (Å²) in [5.41, 5.74) is 3.64. The van der Waals surface area contributed by atoms with E-state index in [1.165, 1.54) is 11.0 Å². The summed E-state index contributed by atoms with van der Waals surface area (Å²) in [6, 6.07) is 21.5. The van der Waals surface area contributed by atoms with Gasteiger partial charge in [-0.3, -0.25) is 0 Å². The Bertz CT molecular complexity index is 1910. The average molecular weight is 706 g/mol. The lowest BCUT2D eigenvalue weighted by Crippen LogP contribution is -2.46. The Kier molecular flexibility index (Phi) is 9.64. The zero-order chi connectivity index (χ0) is 34.0. The topological polar surface area (TPSA) is 105 Å². The summed E-state index contributed by atoms with van der Waals surface area (Å²) in [4.78, 5) is 21.5. The van der Waals surface area contributed by atoms with Crippen LogP contribution in [0.4, 0.5) is 11.4 Å². The quantitative estimate of drug-likeness (QED) is 0.182. The Hall–Kier alpha value is -4.36. The molecule has 0 saturated carbocycles. The highest BCUT2D eigenvalue weighted by molar-refractivity contribution is 6.35. The molecule has 14 heteroatoms. The summed E-state index contributed by atoms with van der Waals surface area (Å²) in [6.07, 6.45) is 4.34. The van der Waals surface area contributed by atoms with E-state index in [4.69, 9.17) is 37.4 Å². The van der Waals surface area contributed by atoms with Crippen molar-refractivity contribution in [2.75, 3.05) is 49.2 Å². The molecule has 2 aliphatic rings. The van der Waals surface area contributed by atoms with Crippen LogP contribution in [0.1, 0.15) is 19.4 Å². The molecule has 2 fully saturated rings. The maximum absolute atomic E-state index is 12.7. The highest BCUT2D eigenvalue weighted by atomic mass is 35.5. The van der Waals surface area contributed by atoms with Crippen molar-refractivity contribution in [3.63, 3.8) is 0 Å². The van der Waals surface area contributed by atoms with Crippen LogP contribution in [-0.2, 0) is 28.4 Å². The minimum Gasteiger partial charge on any atom is -0.491 e. The number of hydrogen-bond acceptors (Lipinski definition) is 9. The molecule has 0 N–H and O–H groups in total. The summed E-state index contributed by atoms with van der Waals surface area (Å²) in [5, 5.41) is 9.47. The van der Waals surface area contributed by atoms with Gasteiger partial charge in [-0.2, -0.15) is 10.2 Å². The van der Waals surface area contributed by atoms with Crippen LogP contribution < -0.4 is 20.2 Å². The largest absolute Gasteiger partial charge is 0.491 e. The SMILES string of the molecule is CC(C)Cn1ncn(-c2ccc(N3CCN(c4ccc(OC[C@@H]5CO[C@@](Cn6cncn6)(c6ccc(Cl)cc6Cl)O5)cc4)CC3)cc2)c1=O. The van der Waals surface area contributed by atoms with Crippen molar-refractivity contribution < 1.29 is 14.2 Å². The number of piperazine rings is 1. The van der Waals surface area contributed by atoms with Crippen LogP contribution in [0.3, 0.4) is 0 Å². The van der Waals surface area contributed by atoms with Crippen LogP contribution >= 0.6 is 23.2 Å². The first kappa shape index (κ1) is 33.2. The van der Waals surface area contributed by atoms with Crippen LogP contribution in [0.2, 0.25) is 10.0 Å². The first-order valence-electron chi connectivity index (χ1n) is 16.3. The predicted octanol–water partition coefficient (Wildman–Crippen LogP) is 5.26. The molecule has 7 rings (SSSR count). The molecule has 2 saturated heterocycles. The Labute approximate surface area is 294 Å². The van der Waals surface area contributed by atoms with Gasteiger partial charge in [0.25, 0.3) is 0 Å². The maximum Gasteiger partial charge on any atom is 0.350 e. The lowest BCUT2D eigenvalue weighted by Gasteiger charge is -2.37. The van der Waals surface area contributed by atoms with E-state index >= 15 is 0 Å². The van der Waals surface area contributed by atoms with Crippen LogP contribution in [0, 0.1) is 5.92 Å². The summed E-state index contributed by atoms with van der Waals surface area (Å²) >= 11 is 12.7. The van der Waals surface area contributed by atoms with Crippen molar-refractivity contribution >= 4 is 34.6 Å². The molecule has 4 heterocycles. The van der Waals surface area contributed by atoms with Gasteiger partial charge in [-0.1, -0.05) is 43.1 Å². The van der Waals surface area contributed by atoms with Crippen LogP contribution in [0.15, 0.2) is 90.5 Å². The minimum absolute atomic E-state index is 0.117. The van der Waals surface area contributed by atoms with Crippen molar-refractivity contribution in [3.05, 3.63) is 112 Å². The molecule has 0 amide bonds. The third-order valence-electron chi connectivity index (χ3n) is 8.72. The number of ether oxygens (including phenoxy) is 3. The lowest BCUT2D eigenvalue weighted by atomic mass is 10.1. The molecular weight excluding hydrogens is 667 g/mol. The molecule has 3 aromatic carbocycles. The summed E-state index contributed by atoms with van der Waals surface area (Å²) < 4.78 is 23.6. The fourth-order valence-corrected chi connectivity index (χ4v) is 6.81. The minimum atomic E-state index is -1.16. The number of nitrogens with zero attached hydrogens (tertiary/aromatic N) is 8. The van der Waals surface area contributed by atoms with Gasteiger partial charge in [-0.05, 0) is 66.6 Å². The number of anilines is 2. The van der Waals surface area contributed by atoms with Crippen LogP contribution in [0.5, 0.6) is 5.75 Å². The second kappa shape index (κ2) is 14.2. The van der Waals surface area contributed by atoms with Crippen LogP contribution in [-0.4, -0.2) is 74.6 Å². The predicted molar refractivity (Wildman–Crippen MR) is 188 cm³/mol. The monoisotopic (exact) mass is 704 g/mol. The van der Waals surface area contributed by atoms with Gasteiger partial charge in [-0.15, -0.1) is 0 Å². The van der Waals surface area contributed by atoms with Gasteiger partial charge in [0.2, 0.25) is 5.79 Å². The number of rotatable bonds is 11. The van der Waals surface area contributed by atoms with Crippen LogP contribution in [0.25, 0.3) is 5.69 Å². The summed E-state index contributed by atoms with van der Waals surface area (Å²) in [5.74, 6) is -0.0605. The molecule has 0 spiro atoms. The van der Waals surface area contributed by atoms with Crippen molar-refractivity contribution in [2.45, 2.75) is 38.8 Å². The van der Waals surface area contributed by atoms with Gasteiger partial charge >= 0.3 is 5.69 Å². The van der Waals surface area contributed by atoms with E-state index < -0.39 is 5.79 Å². The molecule has 2 aromatic heterocycles. The van der Waals surface area contributed by atoms with Gasteiger partial charge in [0.1, 0.15) is 44.0 Å². The highest BCUT2D eigenvalue weighted by Crippen LogP contribution is 2.40. The van der Waals surface area contributed by atoms with E-state index in [1.54, 1.807) is 34.0 Å². The Balaban J connectivity index is 0.922. The number of hydrogen-bond donors (Lipinski definition) is 0. The molecule has 0 radical (unpaired) electrons. The molecular formula is C35H38Cl2N8O4. The van der Waals surface area contributed by atoms with E-state index in [1.807, 2.05) is 30.3 Å². The van der Waals surface area contributed by atoms with Gasteiger partial charge in [0.05, 0.1) is 17.3 Å². The third kappa shape index (κ3) is 7.32. The lowest BCUT2D eigenvalue weighted by molar-refractivity contribution is -0.190. The Morgan fingerprint density at radius 2 is 1.57 bits per heavy atom. The van der Waals surface area contributed by atoms with Gasteiger partial charge in [0, 0.05) is 54.7 Å². The zero-order valence-corrected chi connectivity index (χ0v) is 28.9. The average Bonchev–Trinajstić information content (AvgIpc) is 3.86. The fraction of sp³-hybridized carbons (Fsp3) is 0.371. The molecule has 5 aromatic rings. The van der Waals surface area contributed by atoms with Gasteiger partial charge in [0.15, 0.2) is 0 Å². The molecule has 0 bridgehead atoms. The molecule has 256 valence electrons. The van der Waals surface area contributed by atoms with E-state index in [0.29, 0.717) is 41.3 Å². The maximum atomic E-state index is 12.7. The van der Waals surface area contributed by atoms with Crippen molar-refractivity contribution in [1.29, 1.82) is 0 Å². The standard InChI is InChI=1S/C35H38Cl2N8O4/c1-25(2)18-45-34(46)44(24-40-45)29-6-4-27(5-7-29)41-13-15-42(16-14-41)28-8-10-30(11-9-28)47-19-31-20-48-35(49-31,21-43-23-38-22-39-43)32-12-3-26(36)17-33(32)37/h3-12,17,22-25,31H,13-16,18-21H2,1-2H3/t31-,35-/m1/s1. The first-order valence-corrected chi connectivity index (χ1v) is 17.1. The van der Waals surface area contributed by atoms with E-state index in [-0.39, 0.29) is 18.3 Å². The summed E-state index contributed by atoms with van der Waals surface area (Å²) in [6.45, 7) is 9.18. The number of aromatic nitrogens is 6. The molecule has 12 nitrogen and oxygen atoms in total. The Morgan fingerprint density at radius 3 is 2.20 bits per heavy atom. The van der Waals surface area contributed by atoms with Crippen molar-refractivity contribution in [2.24, 2.45) is 5.92 Å². The highest BCUT2D eigenvalue weighted by Gasteiger charge is 2.45. The molecule has 49 heavy (non-hydrogen) atoms. The van der Waals surface area contributed by atoms with Gasteiger partial charge < -0.3 is 24.0 Å². The molecule has 2 atom stereocenters. The smallest absolute Gasteiger partial charge is 0.350 e. The van der Waals surface area contributed by atoms with E-state index in [2.05, 4.69) is 63.1 Å². The zero-order valence-electron chi connectivity index (χ0n) is 27.4. The molecule has 0 unspecified atom stereocenters. The molecule has 0 aliphatic carbocycles. The first-order chi connectivity index (χ1) is 23.8. The normalized spacial score (nSPS) is 19.6. The third-order valence-corrected chi connectivity index (χ3v) is 9.27.